The van der Waals surface area contributed by atoms with E-state index in [1.165, 1.54) is 7.11 Å². The lowest BCUT2D eigenvalue weighted by Crippen LogP contribution is -2.27. The normalized spacial score (nSPS) is 17.2. The van der Waals surface area contributed by atoms with Crippen molar-refractivity contribution in [1.82, 2.24) is 4.90 Å². The van der Waals surface area contributed by atoms with Crippen LogP contribution in [0.25, 0.3) is 0 Å². The molecule has 1 amide bonds. The highest BCUT2D eigenvalue weighted by molar-refractivity contribution is 8.00. The maximum absolute atomic E-state index is 12.3. The fraction of sp³-hybridized carbons (Fsp3) is 0.222. The van der Waals surface area contributed by atoms with Gasteiger partial charge in [0.05, 0.1) is 18.4 Å². The molecule has 1 aliphatic rings. The number of ether oxygens (including phenoxy) is 1. The van der Waals surface area contributed by atoms with Crippen LogP contribution in [0.3, 0.4) is 0 Å². The van der Waals surface area contributed by atoms with Crippen LogP contribution in [0.15, 0.2) is 48.5 Å². The summed E-state index contributed by atoms with van der Waals surface area (Å²) in [6.07, 6.45) is 0. The first-order chi connectivity index (χ1) is 11.6. The SMILES string of the molecule is COC(=O)c1ccc(C2SCC(=O)N2Cc2ccc(Cl)cc2)cc1. The van der Waals surface area contributed by atoms with Gasteiger partial charge in [-0.15, -0.1) is 11.8 Å². The van der Waals surface area contributed by atoms with Gasteiger partial charge in [0.1, 0.15) is 5.37 Å². The van der Waals surface area contributed by atoms with Gasteiger partial charge in [0.15, 0.2) is 0 Å². The van der Waals surface area contributed by atoms with E-state index in [0.717, 1.165) is 11.1 Å². The summed E-state index contributed by atoms with van der Waals surface area (Å²) in [5.74, 6) is 0.198. The highest BCUT2D eigenvalue weighted by atomic mass is 35.5. The molecule has 0 spiro atoms. The highest BCUT2D eigenvalue weighted by Crippen LogP contribution is 2.39. The Balaban J connectivity index is 1.79. The van der Waals surface area contributed by atoms with Crippen molar-refractivity contribution in [1.29, 1.82) is 0 Å². The van der Waals surface area contributed by atoms with Gasteiger partial charge >= 0.3 is 5.97 Å². The third-order valence-corrected chi connectivity index (χ3v) is 5.36. The first kappa shape index (κ1) is 16.9. The minimum Gasteiger partial charge on any atom is -0.465 e. The summed E-state index contributed by atoms with van der Waals surface area (Å²) in [5, 5.41) is 0.621. The van der Waals surface area contributed by atoms with Crippen molar-refractivity contribution in [3.05, 3.63) is 70.2 Å². The topological polar surface area (TPSA) is 46.6 Å². The van der Waals surface area contributed by atoms with E-state index in [9.17, 15) is 9.59 Å². The maximum atomic E-state index is 12.3. The molecule has 124 valence electrons. The van der Waals surface area contributed by atoms with E-state index in [1.807, 2.05) is 41.3 Å². The molecule has 0 saturated carbocycles. The third kappa shape index (κ3) is 3.57. The van der Waals surface area contributed by atoms with E-state index in [4.69, 9.17) is 16.3 Å². The fourth-order valence-corrected chi connectivity index (χ4v) is 3.90. The number of hydrogen-bond donors (Lipinski definition) is 0. The second-order valence-electron chi connectivity index (χ2n) is 5.43. The zero-order valence-electron chi connectivity index (χ0n) is 13.1. The van der Waals surface area contributed by atoms with Crippen LogP contribution in [-0.4, -0.2) is 29.6 Å². The van der Waals surface area contributed by atoms with Crippen molar-refractivity contribution >= 4 is 35.2 Å². The van der Waals surface area contributed by atoms with Crippen LogP contribution >= 0.6 is 23.4 Å². The van der Waals surface area contributed by atoms with Crippen molar-refractivity contribution in [3.63, 3.8) is 0 Å². The standard InChI is InChI=1S/C18H16ClNO3S/c1-23-18(22)14-6-4-13(5-7-14)17-20(16(21)11-24-17)10-12-2-8-15(19)9-3-12/h2-9,17H,10-11H2,1H3. The Bertz CT molecular complexity index is 746. The Labute approximate surface area is 149 Å². The van der Waals surface area contributed by atoms with E-state index in [-0.39, 0.29) is 17.3 Å². The zero-order valence-corrected chi connectivity index (χ0v) is 14.6. The van der Waals surface area contributed by atoms with Crippen LogP contribution in [0.2, 0.25) is 5.02 Å². The minimum atomic E-state index is -0.366. The van der Waals surface area contributed by atoms with Gasteiger partial charge in [-0.3, -0.25) is 4.79 Å². The van der Waals surface area contributed by atoms with Crippen LogP contribution in [0, 0.1) is 0 Å². The van der Waals surface area contributed by atoms with Gasteiger partial charge in [-0.1, -0.05) is 35.9 Å². The number of thioether (sulfide) groups is 1. The van der Waals surface area contributed by atoms with Gasteiger partial charge in [-0.05, 0) is 35.4 Å². The van der Waals surface area contributed by atoms with Crippen molar-refractivity contribution in [2.24, 2.45) is 0 Å². The van der Waals surface area contributed by atoms with Crippen LogP contribution < -0.4 is 0 Å². The van der Waals surface area contributed by atoms with Gasteiger partial charge in [0.2, 0.25) is 5.91 Å². The predicted octanol–water partition coefficient (Wildman–Crippen LogP) is 3.90. The van der Waals surface area contributed by atoms with Gasteiger partial charge in [-0.25, -0.2) is 4.79 Å². The van der Waals surface area contributed by atoms with E-state index in [1.54, 1.807) is 23.9 Å². The average Bonchev–Trinajstić information content (AvgIpc) is 2.97. The van der Waals surface area contributed by atoms with Crippen molar-refractivity contribution in [3.8, 4) is 0 Å². The lowest BCUT2D eigenvalue weighted by atomic mass is 10.1. The number of methoxy groups -OCH3 is 1. The molecule has 1 heterocycles. The van der Waals surface area contributed by atoms with Crippen LogP contribution in [-0.2, 0) is 16.1 Å². The van der Waals surface area contributed by atoms with E-state index in [0.29, 0.717) is 22.9 Å². The molecular formula is C18H16ClNO3S. The largest absolute Gasteiger partial charge is 0.465 e. The summed E-state index contributed by atoms with van der Waals surface area (Å²) in [4.78, 5) is 25.6. The first-order valence-corrected chi connectivity index (χ1v) is 8.85. The summed E-state index contributed by atoms with van der Waals surface area (Å²) in [5.41, 5.74) is 2.53. The molecule has 1 fully saturated rings. The van der Waals surface area contributed by atoms with E-state index < -0.39 is 0 Å². The Morgan fingerprint density at radius 2 is 1.88 bits per heavy atom. The Kier molecular flexibility index (Phi) is 5.11. The molecule has 2 aromatic rings. The Morgan fingerprint density at radius 1 is 1.21 bits per heavy atom. The molecule has 24 heavy (non-hydrogen) atoms. The van der Waals surface area contributed by atoms with Crippen molar-refractivity contribution in [2.45, 2.75) is 11.9 Å². The maximum Gasteiger partial charge on any atom is 0.337 e. The zero-order chi connectivity index (χ0) is 17.1. The predicted molar refractivity (Wildman–Crippen MR) is 95.0 cm³/mol. The summed E-state index contributed by atoms with van der Waals surface area (Å²) < 4.78 is 4.71. The molecule has 3 rings (SSSR count). The van der Waals surface area contributed by atoms with E-state index in [2.05, 4.69) is 0 Å². The average molecular weight is 362 g/mol. The van der Waals surface area contributed by atoms with Gasteiger partial charge < -0.3 is 9.64 Å². The molecule has 2 aromatic carbocycles. The third-order valence-electron chi connectivity index (χ3n) is 3.85. The molecule has 0 aliphatic carbocycles. The molecule has 0 N–H and O–H groups in total. The monoisotopic (exact) mass is 361 g/mol. The number of benzene rings is 2. The molecule has 4 nitrogen and oxygen atoms in total. The smallest absolute Gasteiger partial charge is 0.337 e. The quantitative estimate of drug-likeness (QED) is 0.775. The van der Waals surface area contributed by atoms with Gasteiger partial charge in [0, 0.05) is 11.6 Å². The number of amides is 1. The fourth-order valence-electron chi connectivity index (χ4n) is 2.59. The number of esters is 1. The number of nitrogens with zero attached hydrogens (tertiary/aromatic N) is 1. The molecule has 6 heteroatoms. The number of hydrogen-bond acceptors (Lipinski definition) is 4. The summed E-state index contributed by atoms with van der Waals surface area (Å²) in [7, 11) is 1.36. The summed E-state index contributed by atoms with van der Waals surface area (Å²) in [6, 6.07) is 14.7. The number of carbonyl (C=O) groups excluding carboxylic acids is 2. The second-order valence-corrected chi connectivity index (χ2v) is 6.93. The molecule has 1 unspecified atom stereocenters. The van der Waals surface area contributed by atoms with E-state index >= 15 is 0 Å². The molecule has 0 radical (unpaired) electrons. The van der Waals surface area contributed by atoms with Crippen LogP contribution in [0.1, 0.15) is 26.9 Å². The van der Waals surface area contributed by atoms with Gasteiger partial charge in [0.25, 0.3) is 0 Å². The van der Waals surface area contributed by atoms with Gasteiger partial charge in [-0.2, -0.15) is 0 Å². The highest BCUT2D eigenvalue weighted by Gasteiger charge is 2.32. The second kappa shape index (κ2) is 7.28. The molecule has 1 atom stereocenters. The first-order valence-electron chi connectivity index (χ1n) is 7.42. The van der Waals surface area contributed by atoms with Crippen molar-refractivity contribution < 1.29 is 14.3 Å². The molecular weight excluding hydrogens is 346 g/mol. The molecule has 0 aromatic heterocycles. The van der Waals surface area contributed by atoms with Crippen LogP contribution in [0.4, 0.5) is 0 Å². The minimum absolute atomic E-state index is 0.0557. The lowest BCUT2D eigenvalue weighted by molar-refractivity contribution is -0.128. The molecule has 1 aliphatic heterocycles. The Morgan fingerprint density at radius 3 is 2.50 bits per heavy atom. The number of rotatable bonds is 4. The van der Waals surface area contributed by atoms with Crippen molar-refractivity contribution in [2.75, 3.05) is 12.9 Å². The number of halogens is 1. The molecule has 1 saturated heterocycles. The number of carbonyl (C=O) groups is 2. The Hall–Kier alpha value is -1.98. The summed E-state index contributed by atoms with van der Waals surface area (Å²) >= 11 is 7.50. The van der Waals surface area contributed by atoms with Crippen LogP contribution in [0.5, 0.6) is 0 Å². The summed E-state index contributed by atoms with van der Waals surface area (Å²) in [6.45, 7) is 0.534. The lowest BCUT2D eigenvalue weighted by Gasteiger charge is -2.24. The molecule has 0 bridgehead atoms.